The molecule has 0 aliphatic carbocycles. The average molecular weight is 272 g/mol. The summed E-state index contributed by atoms with van der Waals surface area (Å²) in [6.45, 7) is 15.0. The van der Waals surface area contributed by atoms with Crippen LogP contribution in [-0.2, 0) is 9.53 Å². The predicted molar refractivity (Wildman–Crippen MR) is 80.3 cm³/mol. The van der Waals surface area contributed by atoms with Gasteiger partial charge in [0.2, 0.25) is 0 Å². The van der Waals surface area contributed by atoms with Crippen molar-refractivity contribution >= 4 is 5.97 Å². The molecule has 1 N–H and O–H groups in total. The highest BCUT2D eigenvalue weighted by atomic mass is 16.5. The number of hydrogen-bond acceptors (Lipinski definition) is 4. The second-order valence-corrected chi connectivity index (χ2v) is 5.54. The molecule has 1 unspecified atom stereocenters. The molecule has 0 aromatic heterocycles. The Labute approximate surface area is 118 Å². The summed E-state index contributed by atoms with van der Waals surface area (Å²) in [4.78, 5) is 14.3. The van der Waals surface area contributed by atoms with Crippen LogP contribution in [0.3, 0.4) is 0 Å². The van der Waals surface area contributed by atoms with Gasteiger partial charge in [0.05, 0.1) is 6.61 Å². The predicted octanol–water partition coefficient (Wildman–Crippen LogP) is 2.43. The van der Waals surface area contributed by atoms with Gasteiger partial charge in [0, 0.05) is 18.6 Å². The van der Waals surface area contributed by atoms with Crippen LogP contribution in [-0.4, -0.2) is 48.7 Å². The van der Waals surface area contributed by atoms with E-state index in [1.807, 2.05) is 6.92 Å². The molecule has 0 aliphatic rings. The maximum atomic E-state index is 11.9. The van der Waals surface area contributed by atoms with Gasteiger partial charge in [0.25, 0.3) is 0 Å². The van der Waals surface area contributed by atoms with E-state index in [1.54, 1.807) is 0 Å². The van der Waals surface area contributed by atoms with Crippen LogP contribution in [0.15, 0.2) is 0 Å². The number of nitrogens with zero attached hydrogens (tertiary/aromatic N) is 1. The normalized spacial score (nSPS) is 13.3. The molecular weight excluding hydrogens is 240 g/mol. The molecule has 0 rings (SSSR count). The summed E-state index contributed by atoms with van der Waals surface area (Å²) in [6.07, 6.45) is 1.94. The zero-order chi connectivity index (χ0) is 14.8. The van der Waals surface area contributed by atoms with Crippen LogP contribution < -0.4 is 5.32 Å². The lowest BCUT2D eigenvalue weighted by molar-refractivity contribution is -0.146. The fraction of sp³-hybridized carbons (Fsp3) is 0.933. The number of esters is 1. The molecule has 114 valence electrons. The van der Waals surface area contributed by atoms with Gasteiger partial charge in [0.1, 0.15) is 6.04 Å². The van der Waals surface area contributed by atoms with E-state index >= 15 is 0 Å². The minimum Gasteiger partial charge on any atom is -0.465 e. The lowest BCUT2D eigenvalue weighted by atomic mass is 10.1. The van der Waals surface area contributed by atoms with Crippen molar-refractivity contribution in [2.24, 2.45) is 0 Å². The zero-order valence-electron chi connectivity index (χ0n) is 13.5. The molecule has 0 heterocycles. The first kappa shape index (κ1) is 18.4. The number of carbonyl (C=O) groups excluding carboxylic acids is 1. The van der Waals surface area contributed by atoms with Crippen LogP contribution in [0.2, 0.25) is 0 Å². The summed E-state index contributed by atoms with van der Waals surface area (Å²) in [5, 5.41) is 3.30. The zero-order valence-corrected chi connectivity index (χ0v) is 13.5. The molecule has 4 nitrogen and oxygen atoms in total. The third kappa shape index (κ3) is 8.22. The van der Waals surface area contributed by atoms with Crippen molar-refractivity contribution in [3.05, 3.63) is 0 Å². The third-order valence-corrected chi connectivity index (χ3v) is 3.05. The van der Waals surface area contributed by atoms with Gasteiger partial charge >= 0.3 is 5.97 Å². The van der Waals surface area contributed by atoms with Crippen LogP contribution in [0.1, 0.15) is 54.4 Å². The Bertz CT molecular complexity index is 242. The molecule has 0 aromatic carbocycles. The van der Waals surface area contributed by atoms with Crippen molar-refractivity contribution in [3.8, 4) is 0 Å². The lowest BCUT2D eigenvalue weighted by Gasteiger charge is -2.28. The Morgan fingerprint density at radius 3 is 2.21 bits per heavy atom. The molecular formula is C15H32N2O2. The van der Waals surface area contributed by atoms with E-state index < -0.39 is 0 Å². The molecule has 0 aliphatic heterocycles. The molecule has 0 spiro atoms. The second kappa shape index (κ2) is 10.2. The van der Waals surface area contributed by atoms with E-state index in [0.29, 0.717) is 12.6 Å². The average Bonchev–Trinajstić information content (AvgIpc) is 2.32. The van der Waals surface area contributed by atoms with Crippen LogP contribution in [0.25, 0.3) is 0 Å². The van der Waals surface area contributed by atoms with Crippen molar-refractivity contribution in [1.82, 2.24) is 10.2 Å². The highest BCUT2D eigenvalue weighted by Gasteiger charge is 2.21. The quantitative estimate of drug-likeness (QED) is 0.620. The highest BCUT2D eigenvalue weighted by molar-refractivity contribution is 5.75. The summed E-state index contributed by atoms with van der Waals surface area (Å²) in [5.74, 6) is -0.128. The van der Waals surface area contributed by atoms with E-state index in [4.69, 9.17) is 4.74 Å². The molecule has 0 saturated carbocycles. The van der Waals surface area contributed by atoms with Crippen LogP contribution in [0.5, 0.6) is 0 Å². The van der Waals surface area contributed by atoms with Crippen molar-refractivity contribution in [1.29, 1.82) is 0 Å². The van der Waals surface area contributed by atoms with E-state index in [0.717, 1.165) is 25.9 Å². The fourth-order valence-electron chi connectivity index (χ4n) is 2.12. The van der Waals surface area contributed by atoms with E-state index in [-0.39, 0.29) is 18.1 Å². The number of hydrogen-bond donors (Lipinski definition) is 1. The lowest BCUT2D eigenvalue weighted by Crippen LogP contribution is -2.45. The molecule has 0 bridgehead atoms. The Morgan fingerprint density at radius 2 is 1.79 bits per heavy atom. The minimum absolute atomic E-state index is 0.128. The first-order chi connectivity index (χ1) is 8.92. The maximum absolute atomic E-state index is 11.9. The standard InChI is InChI=1S/C15H32N2O2/c1-7-10-17(13(5)6)11-9-14(16-12(3)4)15(18)19-8-2/h12-14,16H,7-11H2,1-6H3. The van der Waals surface area contributed by atoms with Gasteiger partial charge < -0.3 is 15.0 Å². The molecule has 0 aromatic rings. The number of carbonyl (C=O) groups is 1. The summed E-state index contributed by atoms with van der Waals surface area (Å²) in [7, 11) is 0. The van der Waals surface area contributed by atoms with E-state index in [9.17, 15) is 4.79 Å². The second-order valence-electron chi connectivity index (χ2n) is 5.54. The Morgan fingerprint density at radius 1 is 1.16 bits per heavy atom. The molecule has 0 fully saturated rings. The monoisotopic (exact) mass is 272 g/mol. The van der Waals surface area contributed by atoms with E-state index in [2.05, 4.69) is 44.8 Å². The Balaban J connectivity index is 4.41. The molecule has 0 amide bonds. The van der Waals surface area contributed by atoms with Gasteiger partial charge in [-0.05, 0) is 40.2 Å². The van der Waals surface area contributed by atoms with Crippen molar-refractivity contribution in [2.45, 2.75) is 72.5 Å². The van der Waals surface area contributed by atoms with E-state index in [1.165, 1.54) is 0 Å². The first-order valence-electron chi connectivity index (χ1n) is 7.59. The third-order valence-electron chi connectivity index (χ3n) is 3.05. The molecule has 4 heteroatoms. The molecule has 0 saturated heterocycles. The topological polar surface area (TPSA) is 41.6 Å². The van der Waals surface area contributed by atoms with Gasteiger partial charge in [0.15, 0.2) is 0 Å². The van der Waals surface area contributed by atoms with Crippen molar-refractivity contribution < 1.29 is 9.53 Å². The summed E-state index contributed by atoms with van der Waals surface area (Å²) in [6, 6.07) is 0.605. The minimum atomic E-state index is -0.196. The largest absolute Gasteiger partial charge is 0.465 e. The van der Waals surface area contributed by atoms with Gasteiger partial charge in [-0.25, -0.2) is 0 Å². The Hall–Kier alpha value is -0.610. The SMILES string of the molecule is CCCN(CCC(NC(C)C)C(=O)OCC)C(C)C. The molecule has 0 radical (unpaired) electrons. The summed E-state index contributed by atoms with van der Waals surface area (Å²) >= 11 is 0. The van der Waals surface area contributed by atoms with Crippen molar-refractivity contribution in [2.75, 3.05) is 19.7 Å². The van der Waals surface area contributed by atoms with Gasteiger partial charge in [-0.15, -0.1) is 0 Å². The van der Waals surface area contributed by atoms with Crippen molar-refractivity contribution in [3.63, 3.8) is 0 Å². The van der Waals surface area contributed by atoms with Crippen LogP contribution >= 0.6 is 0 Å². The number of nitrogens with one attached hydrogen (secondary N) is 1. The summed E-state index contributed by atoms with van der Waals surface area (Å²) < 4.78 is 5.14. The van der Waals surface area contributed by atoms with Crippen LogP contribution in [0.4, 0.5) is 0 Å². The summed E-state index contributed by atoms with van der Waals surface area (Å²) in [5.41, 5.74) is 0. The van der Waals surface area contributed by atoms with Gasteiger partial charge in [-0.1, -0.05) is 20.8 Å². The smallest absolute Gasteiger partial charge is 0.323 e. The highest BCUT2D eigenvalue weighted by Crippen LogP contribution is 2.05. The fourth-order valence-corrected chi connectivity index (χ4v) is 2.12. The maximum Gasteiger partial charge on any atom is 0.323 e. The number of ether oxygens (including phenoxy) is 1. The van der Waals surface area contributed by atoms with Gasteiger partial charge in [-0.2, -0.15) is 0 Å². The molecule has 19 heavy (non-hydrogen) atoms. The van der Waals surface area contributed by atoms with Crippen LogP contribution in [0, 0.1) is 0 Å². The Kier molecular flexibility index (Phi) is 9.88. The number of rotatable bonds is 10. The van der Waals surface area contributed by atoms with Gasteiger partial charge in [-0.3, -0.25) is 4.79 Å². The first-order valence-corrected chi connectivity index (χ1v) is 7.59. The molecule has 1 atom stereocenters.